The predicted octanol–water partition coefficient (Wildman–Crippen LogP) is 8.11. The van der Waals surface area contributed by atoms with Crippen molar-refractivity contribution >= 4 is 8.56 Å². The van der Waals surface area contributed by atoms with Crippen molar-refractivity contribution in [1.82, 2.24) is 0 Å². The highest BCUT2D eigenvalue weighted by atomic mass is 28.4. The Bertz CT molecular complexity index is 563. The molecule has 1 aliphatic carbocycles. The van der Waals surface area contributed by atoms with Gasteiger partial charge in [-0.25, -0.2) is 0 Å². The van der Waals surface area contributed by atoms with Crippen LogP contribution in [0.25, 0.3) is 0 Å². The van der Waals surface area contributed by atoms with Crippen LogP contribution in [0.15, 0.2) is 34.4 Å². The van der Waals surface area contributed by atoms with Gasteiger partial charge < -0.3 is 8.85 Å². The molecule has 0 aliphatic heterocycles. The molecule has 0 aromatic rings. The summed E-state index contributed by atoms with van der Waals surface area (Å²) < 4.78 is 11.9. The zero-order valence-corrected chi connectivity index (χ0v) is 21.0. The van der Waals surface area contributed by atoms with E-state index in [-0.39, 0.29) is 0 Å². The Morgan fingerprint density at radius 3 is 2.14 bits per heavy atom. The van der Waals surface area contributed by atoms with Gasteiger partial charge in [-0.2, -0.15) is 0 Å². The molecular formula is C25H46O2Si. The summed E-state index contributed by atoms with van der Waals surface area (Å²) in [6.07, 6.45) is 13.3. The average molecular weight is 407 g/mol. The maximum atomic E-state index is 5.95. The summed E-state index contributed by atoms with van der Waals surface area (Å²) in [4.78, 5) is 0. The number of allylic oxidation sites excluding steroid dienone is 6. The van der Waals surface area contributed by atoms with Crippen LogP contribution in [-0.2, 0) is 8.85 Å². The second-order valence-electron chi connectivity index (χ2n) is 9.33. The molecule has 1 aliphatic rings. The summed E-state index contributed by atoms with van der Waals surface area (Å²) in [5.74, 6) is 0. The lowest BCUT2D eigenvalue weighted by molar-refractivity contribution is 0.189. The fourth-order valence-electron chi connectivity index (χ4n) is 4.44. The van der Waals surface area contributed by atoms with Gasteiger partial charge in [0.15, 0.2) is 0 Å². The third-order valence-electron chi connectivity index (χ3n) is 6.26. The quantitative estimate of drug-likeness (QED) is 0.241. The Labute approximate surface area is 176 Å². The smallest absolute Gasteiger partial charge is 0.335 e. The van der Waals surface area contributed by atoms with E-state index >= 15 is 0 Å². The number of hydrogen-bond acceptors (Lipinski definition) is 2. The first-order valence-electron chi connectivity index (χ1n) is 11.4. The lowest BCUT2D eigenvalue weighted by Crippen LogP contribution is -2.38. The molecule has 0 atom stereocenters. The van der Waals surface area contributed by atoms with Crippen LogP contribution in [0.3, 0.4) is 0 Å². The van der Waals surface area contributed by atoms with Gasteiger partial charge >= 0.3 is 8.56 Å². The van der Waals surface area contributed by atoms with Crippen LogP contribution in [0.2, 0.25) is 12.6 Å². The molecule has 0 fully saturated rings. The van der Waals surface area contributed by atoms with Gasteiger partial charge in [0.25, 0.3) is 0 Å². The van der Waals surface area contributed by atoms with Gasteiger partial charge in [0.05, 0.1) is 0 Å². The summed E-state index contributed by atoms with van der Waals surface area (Å²) >= 11 is 0. The van der Waals surface area contributed by atoms with Gasteiger partial charge in [-0.15, -0.1) is 0 Å². The van der Waals surface area contributed by atoms with Crippen LogP contribution in [0.4, 0.5) is 0 Å². The summed E-state index contributed by atoms with van der Waals surface area (Å²) in [6.45, 7) is 19.6. The normalized spacial score (nSPS) is 18.7. The Morgan fingerprint density at radius 1 is 1.04 bits per heavy atom. The molecule has 0 spiro atoms. The predicted molar refractivity (Wildman–Crippen MR) is 126 cm³/mol. The van der Waals surface area contributed by atoms with Crippen LogP contribution in [0, 0.1) is 5.41 Å². The summed E-state index contributed by atoms with van der Waals surface area (Å²) in [6, 6.07) is 1.04. The molecule has 2 nitrogen and oxygen atoms in total. The lowest BCUT2D eigenvalue weighted by Gasteiger charge is -2.34. The van der Waals surface area contributed by atoms with E-state index in [2.05, 4.69) is 67.2 Å². The Balaban J connectivity index is 2.50. The molecule has 1 rings (SSSR count). The van der Waals surface area contributed by atoms with Crippen LogP contribution in [0.5, 0.6) is 0 Å². The maximum Gasteiger partial charge on any atom is 0.335 e. The monoisotopic (exact) mass is 406 g/mol. The minimum atomic E-state index is -1.99. The minimum Gasteiger partial charge on any atom is -0.395 e. The van der Waals surface area contributed by atoms with Crippen LogP contribution in [-0.4, -0.2) is 21.8 Å². The third-order valence-corrected chi connectivity index (χ3v) is 9.22. The first-order valence-corrected chi connectivity index (χ1v) is 13.9. The Hall–Kier alpha value is -0.643. The highest BCUT2D eigenvalue weighted by Gasteiger charge is 2.30. The van der Waals surface area contributed by atoms with Gasteiger partial charge in [0.2, 0.25) is 0 Å². The fourth-order valence-corrected chi connectivity index (χ4v) is 6.88. The van der Waals surface area contributed by atoms with E-state index in [0.717, 1.165) is 32.1 Å². The van der Waals surface area contributed by atoms with E-state index in [1.54, 1.807) is 11.1 Å². The molecule has 0 radical (unpaired) electrons. The SMILES string of the molecule is CCO[Si](C)(CC/C(C)=C/C/C=C(\C)CCC1=C(C)CCCC1(C)C)OCC. The first kappa shape index (κ1) is 25.4. The van der Waals surface area contributed by atoms with Crippen molar-refractivity contribution in [2.75, 3.05) is 13.2 Å². The molecule has 0 heterocycles. The van der Waals surface area contributed by atoms with Crippen molar-refractivity contribution in [2.45, 2.75) is 106 Å². The molecule has 0 bridgehead atoms. The molecule has 0 aromatic heterocycles. The van der Waals surface area contributed by atoms with Gasteiger partial charge in [-0.3, -0.25) is 0 Å². The molecule has 162 valence electrons. The van der Waals surface area contributed by atoms with Crippen molar-refractivity contribution in [3.63, 3.8) is 0 Å². The molecule has 0 N–H and O–H groups in total. The minimum absolute atomic E-state index is 0.400. The van der Waals surface area contributed by atoms with E-state index in [0.29, 0.717) is 5.41 Å². The standard InChI is InChI=1S/C25H46O2Si/c1-9-26-28(8,27-10-2)20-18-22(4)14-11-13-21(3)16-17-24-23(5)15-12-19-25(24,6)7/h13-14H,9-12,15-20H2,1-8H3/b21-13+,22-14+. The van der Waals surface area contributed by atoms with Gasteiger partial charge in [0.1, 0.15) is 0 Å². The molecule has 0 saturated heterocycles. The van der Waals surface area contributed by atoms with Crippen molar-refractivity contribution in [3.8, 4) is 0 Å². The Kier molecular flexibility index (Phi) is 11.0. The second-order valence-corrected chi connectivity index (χ2v) is 12.7. The average Bonchev–Trinajstić information content (AvgIpc) is 2.59. The molecule has 0 saturated carbocycles. The molecule has 0 unspecified atom stereocenters. The molecule has 0 amide bonds. The lowest BCUT2D eigenvalue weighted by atomic mass is 9.71. The topological polar surface area (TPSA) is 18.5 Å². The van der Waals surface area contributed by atoms with E-state index in [4.69, 9.17) is 8.85 Å². The van der Waals surface area contributed by atoms with Gasteiger partial charge in [-0.05, 0) is 97.6 Å². The number of hydrogen-bond donors (Lipinski definition) is 0. The van der Waals surface area contributed by atoms with Crippen molar-refractivity contribution in [2.24, 2.45) is 5.41 Å². The maximum absolute atomic E-state index is 5.95. The second kappa shape index (κ2) is 12.1. The summed E-state index contributed by atoms with van der Waals surface area (Å²) in [7, 11) is -1.99. The van der Waals surface area contributed by atoms with E-state index in [1.165, 1.54) is 43.3 Å². The van der Waals surface area contributed by atoms with Crippen molar-refractivity contribution in [1.29, 1.82) is 0 Å². The van der Waals surface area contributed by atoms with Crippen molar-refractivity contribution in [3.05, 3.63) is 34.4 Å². The summed E-state index contributed by atoms with van der Waals surface area (Å²) in [5, 5.41) is 0. The van der Waals surface area contributed by atoms with Gasteiger partial charge in [0, 0.05) is 13.2 Å². The Morgan fingerprint density at radius 2 is 1.61 bits per heavy atom. The largest absolute Gasteiger partial charge is 0.395 e. The zero-order chi connectivity index (χ0) is 21.2. The van der Waals surface area contributed by atoms with Gasteiger partial charge in [-0.1, -0.05) is 48.3 Å². The molecule has 3 heteroatoms. The molecule has 28 heavy (non-hydrogen) atoms. The zero-order valence-electron chi connectivity index (χ0n) is 20.0. The van der Waals surface area contributed by atoms with E-state index in [1.807, 2.05) is 0 Å². The molecule has 0 aromatic carbocycles. The van der Waals surface area contributed by atoms with Crippen LogP contribution >= 0.6 is 0 Å². The van der Waals surface area contributed by atoms with Crippen LogP contribution < -0.4 is 0 Å². The third kappa shape index (κ3) is 8.80. The highest BCUT2D eigenvalue weighted by Crippen LogP contribution is 2.42. The van der Waals surface area contributed by atoms with Crippen LogP contribution in [0.1, 0.15) is 93.4 Å². The number of rotatable bonds is 12. The van der Waals surface area contributed by atoms with E-state index in [9.17, 15) is 0 Å². The van der Waals surface area contributed by atoms with Crippen molar-refractivity contribution < 1.29 is 8.85 Å². The van der Waals surface area contributed by atoms with E-state index < -0.39 is 8.56 Å². The first-order chi connectivity index (χ1) is 13.1. The summed E-state index contributed by atoms with van der Waals surface area (Å²) in [5.41, 5.74) is 6.74. The fraction of sp³-hybridized carbons (Fsp3) is 0.760. The molecular weight excluding hydrogens is 360 g/mol. The highest BCUT2D eigenvalue weighted by molar-refractivity contribution is 6.66.